The fraction of sp³-hybridized carbons (Fsp3) is 0.435. The van der Waals surface area contributed by atoms with Gasteiger partial charge in [-0.3, -0.25) is 9.48 Å². The Morgan fingerprint density at radius 2 is 1.82 bits per heavy atom. The summed E-state index contributed by atoms with van der Waals surface area (Å²) in [5.41, 5.74) is 1.85. The van der Waals surface area contributed by atoms with Gasteiger partial charge < -0.3 is 19.3 Å². The summed E-state index contributed by atoms with van der Waals surface area (Å²) in [4.78, 5) is 26.4. The molecule has 0 spiro atoms. The summed E-state index contributed by atoms with van der Waals surface area (Å²) < 4.78 is 39.7. The highest BCUT2D eigenvalue weighted by atomic mass is 19.4. The average Bonchev–Trinajstić information content (AvgIpc) is 3.46. The van der Waals surface area contributed by atoms with Gasteiger partial charge in [-0.25, -0.2) is 4.79 Å². The summed E-state index contributed by atoms with van der Waals surface area (Å²) in [6, 6.07) is 11.8. The van der Waals surface area contributed by atoms with Crippen LogP contribution in [0.5, 0.6) is 0 Å². The predicted octanol–water partition coefficient (Wildman–Crippen LogP) is 3.95. The second kappa shape index (κ2) is 9.88. The molecule has 1 atom stereocenters. The molecule has 1 fully saturated rings. The lowest BCUT2D eigenvalue weighted by Gasteiger charge is -2.37. The number of nitrogens with zero attached hydrogens (tertiary/aromatic N) is 4. The summed E-state index contributed by atoms with van der Waals surface area (Å²) >= 11 is 0. The third-order valence-corrected chi connectivity index (χ3v) is 5.97. The van der Waals surface area contributed by atoms with Gasteiger partial charge >= 0.3 is 12.1 Å². The Labute approximate surface area is 193 Å². The highest BCUT2D eigenvalue weighted by molar-refractivity contribution is 5.96. The van der Waals surface area contributed by atoms with Crippen molar-refractivity contribution in [2.24, 2.45) is 0 Å². The van der Waals surface area contributed by atoms with E-state index in [2.05, 4.69) is 14.7 Å². The van der Waals surface area contributed by atoms with Crippen LogP contribution in [-0.2, 0) is 11.3 Å². The Balaban J connectivity index is 0.000000344. The van der Waals surface area contributed by atoms with E-state index in [1.807, 2.05) is 47.5 Å². The van der Waals surface area contributed by atoms with E-state index in [9.17, 15) is 18.0 Å². The molecule has 3 aromatic rings. The van der Waals surface area contributed by atoms with Crippen LogP contribution in [0.15, 0.2) is 47.0 Å². The average molecular weight is 478 g/mol. The minimum Gasteiger partial charge on any atom is -0.475 e. The van der Waals surface area contributed by atoms with E-state index in [-0.39, 0.29) is 11.9 Å². The number of aliphatic carboxylic acids is 1. The van der Waals surface area contributed by atoms with Crippen LogP contribution in [0.4, 0.5) is 13.2 Å². The van der Waals surface area contributed by atoms with E-state index in [1.165, 1.54) is 19.3 Å². The molecule has 1 unspecified atom stereocenters. The summed E-state index contributed by atoms with van der Waals surface area (Å²) in [7, 11) is 0. The van der Waals surface area contributed by atoms with Gasteiger partial charge in [0.25, 0.3) is 5.91 Å². The molecule has 0 saturated carbocycles. The van der Waals surface area contributed by atoms with Crippen molar-refractivity contribution in [1.29, 1.82) is 0 Å². The van der Waals surface area contributed by atoms with Crippen LogP contribution >= 0.6 is 0 Å². The fourth-order valence-corrected chi connectivity index (χ4v) is 4.36. The minimum atomic E-state index is -5.08. The molecule has 1 amide bonds. The molecule has 4 heterocycles. The number of para-hydroxylation sites is 1. The van der Waals surface area contributed by atoms with E-state index < -0.39 is 12.1 Å². The minimum absolute atomic E-state index is 0.0395. The number of carbonyl (C=O) groups excluding carboxylic acids is 1. The normalized spacial score (nSPS) is 18.8. The molecule has 1 saturated heterocycles. The SMILES string of the molecule is O=C(O)C(F)(F)F.O=C(c1cc2ccccc2o1)N1Cc2ccnn2C(CN2CCCCC2)C1. The van der Waals surface area contributed by atoms with E-state index in [4.69, 9.17) is 14.3 Å². The van der Waals surface area contributed by atoms with Crippen molar-refractivity contribution < 1.29 is 32.3 Å². The number of halogens is 3. The summed E-state index contributed by atoms with van der Waals surface area (Å²) in [6.45, 7) is 4.47. The van der Waals surface area contributed by atoms with Crippen LogP contribution in [0.3, 0.4) is 0 Å². The van der Waals surface area contributed by atoms with Crippen LogP contribution in [0.1, 0.15) is 41.6 Å². The maximum absolute atomic E-state index is 13.1. The van der Waals surface area contributed by atoms with Crippen molar-refractivity contribution in [1.82, 2.24) is 19.6 Å². The number of alkyl halides is 3. The number of rotatable bonds is 3. The third kappa shape index (κ3) is 5.41. The second-order valence-electron chi connectivity index (χ2n) is 8.42. The van der Waals surface area contributed by atoms with Gasteiger partial charge in [0, 0.05) is 24.7 Å². The number of amides is 1. The lowest BCUT2D eigenvalue weighted by Crippen LogP contribution is -2.46. The zero-order valence-electron chi connectivity index (χ0n) is 18.4. The van der Waals surface area contributed by atoms with E-state index in [1.54, 1.807) is 0 Å². The lowest BCUT2D eigenvalue weighted by molar-refractivity contribution is -0.192. The van der Waals surface area contributed by atoms with Gasteiger partial charge in [-0.15, -0.1) is 0 Å². The highest BCUT2D eigenvalue weighted by Crippen LogP contribution is 2.26. The topological polar surface area (TPSA) is 91.8 Å². The molecule has 182 valence electrons. The zero-order valence-corrected chi connectivity index (χ0v) is 18.4. The first-order chi connectivity index (χ1) is 16.2. The smallest absolute Gasteiger partial charge is 0.475 e. The molecular weight excluding hydrogens is 453 g/mol. The Bertz CT molecular complexity index is 1120. The van der Waals surface area contributed by atoms with Crippen molar-refractivity contribution in [2.45, 2.75) is 38.0 Å². The van der Waals surface area contributed by atoms with Gasteiger partial charge in [-0.05, 0) is 44.1 Å². The first kappa shape index (κ1) is 23.8. The van der Waals surface area contributed by atoms with Crippen LogP contribution < -0.4 is 0 Å². The molecule has 0 radical (unpaired) electrons. The number of carboxylic acids is 1. The van der Waals surface area contributed by atoms with Gasteiger partial charge in [0.2, 0.25) is 0 Å². The van der Waals surface area contributed by atoms with Crippen LogP contribution in [0.2, 0.25) is 0 Å². The maximum Gasteiger partial charge on any atom is 0.490 e. The molecule has 0 aliphatic carbocycles. The number of benzene rings is 1. The Morgan fingerprint density at radius 3 is 2.50 bits per heavy atom. The predicted molar refractivity (Wildman–Crippen MR) is 116 cm³/mol. The van der Waals surface area contributed by atoms with Crippen molar-refractivity contribution in [3.8, 4) is 0 Å². The lowest BCUT2D eigenvalue weighted by atomic mass is 10.1. The number of aromatic nitrogens is 2. The van der Waals surface area contributed by atoms with Crippen molar-refractivity contribution in [3.05, 3.63) is 54.0 Å². The molecular formula is C23H25F3N4O4. The number of carboxylic acid groups (broad SMARTS) is 1. The van der Waals surface area contributed by atoms with Crippen LogP contribution in [-0.4, -0.2) is 68.9 Å². The zero-order chi connectivity index (χ0) is 24.3. The van der Waals surface area contributed by atoms with Gasteiger partial charge in [0.1, 0.15) is 5.58 Å². The van der Waals surface area contributed by atoms with Gasteiger partial charge in [-0.2, -0.15) is 18.3 Å². The quantitative estimate of drug-likeness (QED) is 0.613. The van der Waals surface area contributed by atoms with Gasteiger partial charge in [0.15, 0.2) is 5.76 Å². The number of likely N-dealkylation sites (tertiary alicyclic amines) is 1. The molecule has 11 heteroatoms. The maximum atomic E-state index is 13.1. The van der Waals surface area contributed by atoms with Crippen molar-refractivity contribution in [3.63, 3.8) is 0 Å². The third-order valence-electron chi connectivity index (χ3n) is 5.97. The molecule has 2 aliphatic heterocycles. The Morgan fingerprint density at radius 1 is 1.12 bits per heavy atom. The number of hydrogen-bond donors (Lipinski definition) is 1. The number of carbonyl (C=O) groups is 2. The molecule has 5 rings (SSSR count). The molecule has 2 aromatic heterocycles. The molecule has 34 heavy (non-hydrogen) atoms. The number of furan rings is 1. The summed E-state index contributed by atoms with van der Waals surface area (Å²) in [5.74, 6) is -2.38. The van der Waals surface area contributed by atoms with Crippen LogP contribution in [0, 0.1) is 0 Å². The van der Waals surface area contributed by atoms with Gasteiger partial charge in [-0.1, -0.05) is 24.6 Å². The molecule has 8 nitrogen and oxygen atoms in total. The first-order valence-electron chi connectivity index (χ1n) is 11.0. The second-order valence-corrected chi connectivity index (χ2v) is 8.42. The number of hydrogen-bond acceptors (Lipinski definition) is 5. The summed E-state index contributed by atoms with van der Waals surface area (Å²) in [6.07, 6.45) is 0.610. The molecule has 1 N–H and O–H groups in total. The number of piperidine rings is 1. The van der Waals surface area contributed by atoms with E-state index >= 15 is 0 Å². The van der Waals surface area contributed by atoms with Crippen molar-refractivity contribution in [2.75, 3.05) is 26.2 Å². The molecule has 1 aromatic carbocycles. The van der Waals surface area contributed by atoms with E-state index in [0.717, 1.165) is 36.3 Å². The standard InChI is InChI=1S/C21H24N4O2.C2HF3O2/c26-21(20-12-16-6-2-3-7-19(16)27-20)24-14-17-8-9-22-25(17)18(15-24)13-23-10-4-1-5-11-23;3-2(4,5)1(6)7/h2-3,6-9,12,18H,1,4-5,10-11,13-15H2;(H,6,7). The van der Waals surface area contributed by atoms with Gasteiger partial charge in [0.05, 0.1) is 18.3 Å². The monoisotopic (exact) mass is 478 g/mol. The Kier molecular flexibility index (Phi) is 6.92. The number of fused-ring (bicyclic) bond motifs is 2. The van der Waals surface area contributed by atoms with Crippen LogP contribution in [0.25, 0.3) is 11.0 Å². The molecule has 2 aliphatic rings. The van der Waals surface area contributed by atoms with Crippen molar-refractivity contribution >= 4 is 22.8 Å². The fourth-order valence-electron chi connectivity index (χ4n) is 4.36. The highest BCUT2D eigenvalue weighted by Gasteiger charge is 2.38. The Hall–Kier alpha value is -3.34. The molecule has 0 bridgehead atoms. The largest absolute Gasteiger partial charge is 0.490 e. The van der Waals surface area contributed by atoms with E-state index in [0.29, 0.717) is 18.8 Å². The first-order valence-corrected chi connectivity index (χ1v) is 11.0. The summed E-state index contributed by atoms with van der Waals surface area (Å²) in [5, 5.41) is 12.6.